The smallest absolute Gasteiger partial charge is 0.0718 e. The molecule has 0 spiro atoms. The maximum Gasteiger partial charge on any atom is 0.0718 e. The maximum absolute atomic E-state index is 9.23. The molecule has 19 heavy (non-hydrogen) atoms. The summed E-state index contributed by atoms with van der Waals surface area (Å²) in [4.78, 5) is 0. The molecule has 0 unspecified atom stereocenters. The summed E-state index contributed by atoms with van der Waals surface area (Å²) in [6.07, 6.45) is 0. The molecule has 0 saturated heterocycles. The lowest BCUT2D eigenvalue weighted by Crippen LogP contribution is -2.37. The number of halogens is 1. The molecule has 0 aliphatic rings. The van der Waals surface area contributed by atoms with Crippen LogP contribution in [0.5, 0.6) is 0 Å². The minimum atomic E-state index is -0.612. The van der Waals surface area contributed by atoms with Crippen molar-refractivity contribution in [2.45, 2.75) is 6.61 Å². The number of ether oxygens (including phenoxy) is 2. The molecule has 0 radical (unpaired) electrons. The lowest BCUT2D eigenvalue weighted by molar-refractivity contribution is -0.0317. The second kappa shape index (κ2) is 9.44. The van der Waals surface area contributed by atoms with Gasteiger partial charge in [0.25, 0.3) is 0 Å². The number of hydrogen-bond acceptors (Lipinski definition) is 4. The standard InChI is InChI=1S/C14H21BrO4/c15-9-14(10-16,11-17)12-19-7-6-18-8-13-4-2-1-3-5-13/h1-5,16-17H,6-12H2. The average molecular weight is 333 g/mol. The number of aliphatic hydroxyl groups excluding tert-OH is 2. The monoisotopic (exact) mass is 332 g/mol. The van der Waals surface area contributed by atoms with Gasteiger partial charge in [0, 0.05) is 10.7 Å². The summed E-state index contributed by atoms with van der Waals surface area (Å²) < 4.78 is 10.9. The van der Waals surface area contributed by atoms with Crippen molar-refractivity contribution in [3.8, 4) is 0 Å². The van der Waals surface area contributed by atoms with Crippen LogP contribution in [0, 0.1) is 5.41 Å². The van der Waals surface area contributed by atoms with Crippen LogP contribution in [0.4, 0.5) is 0 Å². The molecule has 1 aromatic carbocycles. The van der Waals surface area contributed by atoms with Crippen molar-refractivity contribution in [3.05, 3.63) is 35.9 Å². The van der Waals surface area contributed by atoms with Gasteiger partial charge in [0.1, 0.15) is 0 Å². The normalized spacial score (nSPS) is 11.7. The van der Waals surface area contributed by atoms with Gasteiger partial charge < -0.3 is 19.7 Å². The summed E-state index contributed by atoms with van der Waals surface area (Å²) in [6, 6.07) is 9.93. The predicted molar refractivity (Wildman–Crippen MR) is 77.3 cm³/mol. The number of aliphatic hydroxyl groups is 2. The first-order valence-electron chi connectivity index (χ1n) is 6.23. The van der Waals surface area contributed by atoms with Crippen molar-refractivity contribution in [1.29, 1.82) is 0 Å². The van der Waals surface area contributed by atoms with Gasteiger partial charge in [-0.05, 0) is 5.56 Å². The summed E-state index contributed by atoms with van der Waals surface area (Å²) in [7, 11) is 0. The topological polar surface area (TPSA) is 58.9 Å². The van der Waals surface area contributed by atoms with Crippen molar-refractivity contribution in [2.24, 2.45) is 5.41 Å². The summed E-state index contributed by atoms with van der Waals surface area (Å²) in [5.74, 6) is 0. The van der Waals surface area contributed by atoms with Gasteiger partial charge >= 0.3 is 0 Å². The number of hydrogen-bond donors (Lipinski definition) is 2. The lowest BCUT2D eigenvalue weighted by Gasteiger charge is -2.26. The molecule has 0 saturated carbocycles. The largest absolute Gasteiger partial charge is 0.396 e. The molecule has 0 heterocycles. The van der Waals surface area contributed by atoms with Crippen LogP contribution in [-0.2, 0) is 16.1 Å². The van der Waals surface area contributed by atoms with Crippen LogP contribution in [0.1, 0.15) is 5.56 Å². The highest BCUT2D eigenvalue weighted by molar-refractivity contribution is 9.09. The van der Waals surface area contributed by atoms with E-state index in [-0.39, 0.29) is 13.2 Å². The molecule has 0 aliphatic carbocycles. The fourth-order valence-corrected chi connectivity index (χ4v) is 1.95. The van der Waals surface area contributed by atoms with E-state index in [0.717, 1.165) is 5.56 Å². The Balaban J connectivity index is 2.11. The van der Waals surface area contributed by atoms with Gasteiger partial charge in [-0.25, -0.2) is 0 Å². The van der Waals surface area contributed by atoms with Gasteiger partial charge in [-0.1, -0.05) is 46.3 Å². The van der Waals surface area contributed by atoms with E-state index in [9.17, 15) is 10.2 Å². The summed E-state index contributed by atoms with van der Waals surface area (Å²) in [5.41, 5.74) is 0.516. The maximum atomic E-state index is 9.23. The van der Waals surface area contributed by atoms with Crippen LogP contribution in [0.2, 0.25) is 0 Å². The van der Waals surface area contributed by atoms with Gasteiger partial charge in [0.2, 0.25) is 0 Å². The molecule has 0 aliphatic heterocycles. The fourth-order valence-electron chi connectivity index (χ4n) is 1.44. The van der Waals surface area contributed by atoms with Crippen molar-refractivity contribution in [2.75, 3.05) is 38.4 Å². The Bertz CT molecular complexity index is 319. The van der Waals surface area contributed by atoms with Crippen LogP contribution < -0.4 is 0 Å². The van der Waals surface area contributed by atoms with Crippen molar-refractivity contribution >= 4 is 15.9 Å². The Kier molecular flexibility index (Phi) is 8.25. The second-order valence-corrected chi connectivity index (χ2v) is 5.10. The Morgan fingerprint density at radius 2 is 1.63 bits per heavy atom. The first-order valence-corrected chi connectivity index (χ1v) is 7.35. The van der Waals surface area contributed by atoms with E-state index in [1.54, 1.807) is 0 Å². The van der Waals surface area contributed by atoms with E-state index in [2.05, 4.69) is 15.9 Å². The van der Waals surface area contributed by atoms with Crippen molar-refractivity contribution in [3.63, 3.8) is 0 Å². The van der Waals surface area contributed by atoms with Gasteiger partial charge in [-0.15, -0.1) is 0 Å². The minimum absolute atomic E-state index is 0.111. The summed E-state index contributed by atoms with van der Waals surface area (Å²) in [5, 5.41) is 19.0. The van der Waals surface area contributed by atoms with Gasteiger partial charge in [0.15, 0.2) is 0 Å². The molecular weight excluding hydrogens is 312 g/mol. The highest BCUT2D eigenvalue weighted by Gasteiger charge is 2.27. The van der Waals surface area contributed by atoms with Crippen LogP contribution >= 0.6 is 15.9 Å². The first-order chi connectivity index (χ1) is 9.26. The minimum Gasteiger partial charge on any atom is -0.396 e. The molecule has 0 fully saturated rings. The number of benzene rings is 1. The van der Waals surface area contributed by atoms with Crippen LogP contribution in [-0.4, -0.2) is 48.6 Å². The molecule has 0 bridgehead atoms. The van der Waals surface area contributed by atoms with Crippen LogP contribution in [0.15, 0.2) is 30.3 Å². The van der Waals surface area contributed by atoms with E-state index in [1.165, 1.54) is 0 Å². The molecular formula is C14H21BrO4. The van der Waals surface area contributed by atoms with Crippen LogP contribution in [0.3, 0.4) is 0 Å². The zero-order chi connectivity index (χ0) is 14.0. The molecule has 108 valence electrons. The summed E-state index contributed by atoms with van der Waals surface area (Å²) in [6.45, 7) is 1.58. The fraction of sp³-hybridized carbons (Fsp3) is 0.571. The van der Waals surface area contributed by atoms with Gasteiger partial charge in [-0.3, -0.25) is 0 Å². The Morgan fingerprint density at radius 3 is 2.21 bits per heavy atom. The van der Waals surface area contributed by atoms with E-state index >= 15 is 0 Å². The Labute approximate surface area is 122 Å². The quantitative estimate of drug-likeness (QED) is 0.504. The number of alkyl halides is 1. The predicted octanol–water partition coefficient (Wildman–Crippen LogP) is 1.59. The molecule has 4 nitrogen and oxygen atoms in total. The van der Waals surface area contributed by atoms with Gasteiger partial charge in [0.05, 0.1) is 39.6 Å². The third-order valence-electron chi connectivity index (χ3n) is 2.85. The zero-order valence-electron chi connectivity index (χ0n) is 10.9. The third-order valence-corrected chi connectivity index (χ3v) is 4.04. The molecule has 0 aromatic heterocycles. The SMILES string of the molecule is OCC(CO)(CBr)COCCOCc1ccccc1. The molecule has 0 amide bonds. The van der Waals surface area contributed by atoms with Crippen molar-refractivity contribution in [1.82, 2.24) is 0 Å². The van der Waals surface area contributed by atoms with E-state index < -0.39 is 5.41 Å². The molecule has 0 atom stereocenters. The Morgan fingerprint density at radius 1 is 1.00 bits per heavy atom. The molecule has 1 aromatic rings. The first kappa shape index (κ1) is 16.6. The zero-order valence-corrected chi connectivity index (χ0v) is 12.5. The van der Waals surface area contributed by atoms with E-state index in [1.807, 2.05) is 30.3 Å². The molecule has 2 N–H and O–H groups in total. The molecule has 5 heteroatoms. The highest BCUT2D eigenvalue weighted by atomic mass is 79.9. The van der Waals surface area contributed by atoms with Gasteiger partial charge in [-0.2, -0.15) is 0 Å². The Hall–Kier alpha value is -0.460. The van der Waals surface area contributed by atoms with E-state index in [0.29, 0.717) is 31.8 Å². The molecule has 1 rings (SSSR count). The third kappa shape index (κ3) is 6.01. The van der Waals surface area contributed by atoms with Crippen molar-refractivity contribution < 1.29 is 19.7 Å². The average Bonchev–Trinajstić information content (AvgIpc) is 2.48. The number of rotatable bonds is 10. The van der Waals surface area contributed by atoms with E-state index in [4.69, 9.17) is 9.47 Å². The highest BCUT2D eigenvalue weighted by Crippen LogP contribution is 2.19. The van der Waals surface area contributed by atoms with Crippen LogP contribution in [0.25, 0.3) is 0 Å². The summed E-state index contributed by atoms with van der Waals surface area (Å²) >= 11 is 3.28. The second-order valence-electron chi connectivity index (χ2n) is 4.54. The lowest BCUT2D eigenvalue weighted by atomic mass is 9.94.